The van der Waals surface area contributed by atoms with E-state index in [2.05, 4.69) is 4.98 Å². The van der Waals surface area contributed by atoms with Crippen molar-refractivity contribution < 1.29 is 14.6 Å². The number of hydrogen-bond acceptors (Lipinski definition) is 3. The van der Waals surface area contributed by atoms with Gasteiger partial charge in [0.15, 0.2) is 0 Å². The van der Waals surface area contributed by atoms with Gasteiger partial charge in [-0.1, -0.05) is 41.9 Å². The molecular weight excluding hydrogens is 254 g/mol. The first-order valence-electron chi connectivity index (χ1n) is 5.23. The van der Waals surface area contributed by atoms with Crippen LogP contribution in [0, 0.1) is 0 Å². The van der Waals surface area contributed by atoms with Crippen LogP contribution in [0.5, 0.6) is 5.88 Å². The molecule has 2 aromatic rings. The zero-order chi connectivity index (χ0) is 13.0. The summed E-state index contributed by atoms with van der Waals surface area (Å²) in [7, 11) is 0. The molecule has 1 N–H and O–H groups in total. The zero-order valence-corrected chi connectivity index (χ0v) is 10.1. The molecular formula is C13H10ClNO3. The van der Waals surface area contributed by atoms with Crippen LogP contribution >= 0.6 is 11.6 Å². The molecule has 1 heterocycles. The Morgan fingerprint density at radius 2 is 2.00 bits per heavy atom. The number of hydrogen-bond donors (Lipinski definition) is 1. The van der Waals surface area contributed by atoms with E-state index < -0.39 is 5.97 Å². The summed E-state index contributed by atoms with van der Waals surface area (Å²) in [5.74, 6) is -0.868. The minimum absolute atomic E-state index is 0.0538. The van der Waals surface area contributed by atoms with E-state index in [4.69, 9.17) is 21.4 Å². The predicted octanol–water partition coefficient (Wildman–Crippen LogP) is 3.01. The maximum absolute atomic E-state index is 10.8. The molecule has 0 radical (unpaired) electrons. The lowest BCUT2D eigenvalue weighted by Gasteiger charge is -2.06. The quantitative estimate of drug-likeness (QED) is 0.862. The largest absolute Gasteiger partial charge is 0.478 e. The first-order valence-corrected chi connectivity index (χ1v) is 5.60. The molecule has 4 nitrogen and oxygen atoms in total. The monoisotopic (exact) mass is 263 g/mol. The Labute approximate surface area is 109 Å². The molecule has 92 valence electrons. The SMILES string of the molecule is O=C(O)c1cc(Cl)nc(OCc2ccccc2)c1. The van der Waals surface area contributed by atoms with Gasteiger partial charge < -0.3 is 9.84 Å². The van der Waals surface area contributed by atoms with Crippen LogP contribution in [0.1, 0.15) is 15.9 Å². The number of aromatic carboxylic acids is 1. The van der Waals surface area contributed by atoms with Gasteiger partial charge in [-0.05, 0) is 11.6 Å². The highest BCUT2D eigenvalue weighted by Crippen LogP contribution is 2.17. The average Bonchev–Trinajstić information content (AvgIpc) is 2.37. The Bertz CT molecular complexity index is 557. The van der Waals surface area contributed by atoms with Crippen molar-refractivity contribution in [1.82, 2.24) is 4.98 Å². The van der Waals surface area contributed by atoms with Gasteiger partial charge in [-0.15, -0.1) is 0 Å². The second-order valence-electron chi connectivity index (χ2n) is 3.60. The molecule has 2 rings (SSSR count). The predicted molar refractivity (Wildman–Crippen MR) is 67.0 cm³/mol. The van der Waals surface area contributed by atoms with Crippen molar-refractivity contribution in [3.05, 3.63) is 58.7 Å². The Morgan fingerprint density at radius 3 is 2.67 bits per heavy atom. The van der Waals surface area contributed by atoms with Crippen LogP contribution in [0.15, 0.2) is 42.5 Å². The number of carboxylic acid groups (broad SMARTS) is 1. The van der Waals surface area contributed by atoms with E-state index in [0.717, 1.165) is 5.56 Å². The van der Waals surface area contributed by atoms with E-state index in [9.17, 15) is 4.79 Å². The number of halogens is 1. The molecule has 0 aliphatic heterocycles. The van der Waals surface area contributed by atoms with E-state index in [0.29, 0.717) is 6.61 Å². The highest BCUT2D eigenvalue weighted by atomic mass is 35.5. The molecule has 18 heavy (non-hydrogen) atoms. The number of pyridine rings is 1. The van der Waals surface area contributed by atoms with E-state index in [1.807, 2.05) is 30.3 Å². The van der Waals surface area contributed by atoms with Crippen molar-refractivity contribution >= 4 is 17.6 Å². The fourth-order valence-corrected chi connectivity index (χ4v) is 1.60. The lowest BCUT2D eigenvalue weighted by Crippen LogP contribution is -2.01. The molecule has 0 atom stereocenters. The number of ether oxygens (including phenoxy) is 1. The summed E-state index contributed by atoms with van der Waals surface area (Å²) in [6.07, 6.45) is 0. The molecule has 0 amide bonds. The van der Waals surface area contributed by atoms with Crippen molar-refractivity contribution in [1.29, 1.82) is 0 Å². The number of aromatic nitrogens is 1. The molecule has 0 fully saturated rings. The Morgan fingerprint density at radius 1 is 1.28 bits per heavy atom. The third kappa shape index (κ3) is 3.21. The Balaban J connectivity index is 2.12. The second-order valence-corrected chi connectivity index (χ2v) is 3.98. The lowest BCUT2D eigenvalue weighted by atomic mass is 10.2. The number of nitrogens with zero attached hydrogens (tertiary/aromatic N) is 1. The van der Waals surface area contributed by atoms with Crippen molar-refractivity contribution in [2.75, 3.05) is 0 Å². The smallest absolute Gasteiger partial charge is 0.335 e. The van der Waals surface area contributed by atoms with Gasteiger partial charge in [0.05, 0.1) is 5.56 Å². The number of benzene rings is 1. The molecule has 1 aromatic carbocycles. The van der Waals surface area contributed by atoms with Gasteiger partial charge in [0.25, 0.3) is 0 Å². The fourth-order valence-electron chi connectivity index (χ4n) is 1.40. The molecule has 0 spiro atoms. The topological polar surface area (TPSA) is 59.4 Å². The van der Waals surface area contributed by atoms with Crippen molar-refractivity contribution in [2.45, 2.75) is 6.61 Å². The van der Waals surface area contributed by atoms with Crippen LogP contribution in [0.2, 0.25) is 5.15 Å². The average molecular weight is 264 g/mol. The third-order valence-electron chi connectivity index (χ3n) is 2.25. The summed E-state index contributed by atoms with van der Waals surface area (Å²) in [6, 6.07) is 12.1. The summed E-state index contributed by atoms with van der Waals surface area (Å²) in [4.78, 5) is 14.7. The minimum atomic E-state index is -1.07. The van der Waals surface area contributed by atoms with E-state index in [1.54, 1.807) is 0 Å². The maximum Gasteiger partial charge on any atom is 0.335 e. The molecule has 1 aromatic heterocycles. The highest BCUT2D eigenvalue weighted by Gasteiger charge is 2.08. The zero-order valence-electron chi connectivity index (χ0n) is 9.34. The standard InChI is InChI=1S/C13H10ClNO3/c14-11-6-10(13(16)17)7-12(15-11)18-8-9-4-2-1-3-5-9/h1-7H,8H2,(H,16,17). The molecule has 0 aliphatic carbocycles. The lowest BCUT2D eigenvalue weighted by molar-refractivity contribution is 0.0696. The van der Waals surface area contributed by atoms with Gasteiger partial charge in [0.1, 0.15) is 11.8 Å². The van der Waals surface area contributed by atoms with Crippen molar-refractivity contribution in [3.63, 3.8) is 0 Å². The summed E-state index contributed by atoms with van der Waals surface area (Å²) >= 11 is 5.72. The summed E-state index contributed by atoms with van der Waals surface area (Å²) in [5, 5.41) is 8.97. The third-order valence-corrected chi connectivity index (χ3v) is 2.44. The first-order chi connectivity index (χ1) is 8.65. The molecule has 0 saturated heterocycles. The highest BCUT2D eigenvalue weighted by molar-refractivity contribution is 6.29. The summed E-state index contributed by atoms with van der Waals surface area (Å²) in [6.45, 7) is 0.313. The fraction of sp³-hybridized carbons (Fsp3) is 0.0769. The van der Waals surface area contributed by atoms with Gasteiger partial charge in [-0.3, -0.25) is 0 Å². The van der Waals surface area contributed by atoms with Gasteiger partial charge in [-0.2, -0.15) is 0 Å². The van der Waals surface area contributed by atoms with E-state index in [-0.39, 0.29) is 16.6 Å². The van der Waals surface area contributed by atoms with Crippen LogP contribution in [0.25, 0.3) is 0 Å². The Kier molecular flexibility index (Phi) is 3.79. The molecule has 0 unspecified atom stereocenters. The van der Waals surface area contributed by atoms with Crippen LogP contribution in [-0.4, -0.2) is 16.1 Å². The molecule has 0 aliphatic rings. The Hall–Kier alpha value is -2.07. The summed E-state index contributed by atoms with van der Waals surface area (Å²) < 4.78 is 5.40. The van der Waals surface area contributed by atoms with E-state index >= 15 is 0 Å². The van der Waals surface area contributed by atoms with Crippen molar-refractivity contribution in [2.24, 2.45) is 0 Å². The van der Waals surface area contributed by atoms with Crippen LogP contribution in [0.3, 0.4) is 0 Å². The minimum Gasteiger partial charge on any atom is -0.478 e. The van der Waals surface area contributed by atoms with Gasteiger partial charge in [-0.25, -0.2) is 9.78 Å². The van der Waals surface area contributed by atoms with Gasteiger partial charge >= 0.3 is 5.97 Å². The van der Waals surface area contributed by atoms with Gasteiger partial charge in [0, 0.05) is 6.07 Å². The van der Waals surface area contributed by atoms with E-state index in [1.165, 1.54) is 12.1 Å². The molecule has 5 heteroatoms. The van der Waals surface area contributed by atoms with Gasteiger partial charge in [0.2, 0.25) is 5.88 Å². The first kappa shape index (κ1) is 12.4. The molecule has 0 bridgehead atoms. The molecule has 0 saturated carbocycles. The van der Waals surface area contributed by atoms with Crippen LogP contribution in [-0.2, 0) is 6.61 Å². The summed E-state index contributed by atoms with van der Waals surface area (Å²) in [5.41, 5.74) is 1.02. The van der Waals surface area contributed by atoms with Crippen molar-refractivity contribution in [3.8, 4) is 5.88 Å². The maximum atomic E-state index is 10.8. The number of carboxylic acids is 1. The number of carbonyl (C=O) groups is 1. The number of rotatable bonds is 4. The second kappa shape index (κ2) is 5.51. The van der Waals surface area contributed by atoms with Crippen LogP contribution < -0.4 is 4.74 Å². The van der Waals surface area contributed by atoms with Crippen LogP contribution in [0.4, 0.5) is 0 Å². The normalized spacial score (nSPS) is 10.1.